The Kier molecular flexibility index (Phi) is 5.32. The van der Waals surface area contributed by atoms with Crippen LogP contribution in [0.4, 0.5) is 5.69 Å². The van der Waals surface area contributed by atoms with Gasteiger partial charge in [0.15, 0.2) is 0 Å². The Balaban J connectivity index is 2.26. The highest BCUT2D eigenvalue weighted by atomic mass is 16.5. The lowest BCUT2D eigenvalue weighted by Crippen LogP contribution is -2.22. The van der Waals surface area contributed by atoms with E-state index in [0.717, 1.165) is 35.4 Å². The molecule has 0 amide bonds. The number of nitrogens with one attached hydrogen (secondary N) is 2. The van der Waals surface area contributed by atoms with Gasteiger partial charge in [-0.3, -0.25) is 4.98 Å². The molecule has 0 fully saturated rings. The van der Waals surface area contributed by atoms with E-state index in [2.05, 4.69) is 42.7 Å². The van der Waals surface area contributed by atoms with Gasteiger partial charge >= 0.3 is 0 Å². The van der Waals surface area contributed by atoms with Crippen molar-refractivity contribution in [3.05, 3.63) is 36.0 Å². The Hall–Kier alpha value is -1.65. The molecule has 0 saturated heterocycles. The molecule has 0 bridgehead atoms. The molecule has 0 aliphatic heterocycles. The van der Waals surface area contributed by atoms with Crippen molar-refractivity contribution in [1.82, 2.24) is 10.3 Å². The van der Waals surface area contributed by atoms with Crippen LogP contribution in [0.2, 0.25) is 0 Å². The first-order valence-electron chi connectivity index (χ1n) is 7.05. The molecule has 1 aromatic carbocycles. The lowest BCUT2D eigenvalue weighted by Gasteiger charge is -2.13. The van der Waals surface area contributed by atoms with Gasteiger partial charge < -0.3 is 15.4 Å². The van der Waals surface area contributed by atoms with Crippen LogP contribution < -0.4 is 10.6 Å². The van der Waals surface area contributed by atoms with Crippen LogP contribution in [0.25, 0.3) is 10.9 Å². The van der Waals surface area contributed by atoms with Crippen LogP contribution in [0, 0.1) is 0 Å². The highest BCUT2D eigenvalue weighted by Crippen LogP contribution is 2.23. The van der Waals surface area contributed by atoms with Crippen LogP contribution in [0.1, 0.15) is 19.5 Å². The molecule has 2 rings (SSSR count). The number of ether oxygens (including phenoxy) is 1. The van der Waals surface area contributed by atoms with E-state index >= 15 is 0 Å². The van der Waals surface area contributed by atoms with E-state index in [9.17, 15) is 0 Å². The number of para-hydroxylation sites is 1. The number of pyridine rings is 1. The van der Waals surface area contributed by atoms with Gasteiger partial charge in [0.1, 0.15) is 0 Å². The van der Waals surface area contributed by atoms with Crippen molar-refractivity contribution < 1.29 is 4.74 Å². The van der Waals surface area contributed by atoms with Gasteiger partial charge in [0.05, 0.1) is 17.8 Å². The lowest BCUT2D eigenvalue weighted by atomic mass is 10.1. The maximum absolute atomic E-state index is 5.09. The van der Waals surface area contributed by atoms with Crippen LogP contribution in [0.3, 0.4) is 0 Å². The number of aromatic nitrogens is 1. The lowest BCUT2D eigenvalue weighted by molar-refractivity contribution is 0.211. The van der Waals surface area contributed by atoms with Crippen LogP contribution in [0.15, 0.2) is 30.3 Å². The molecule has 0 saturated carbocycles. The maximum Gasteiger partial charge on any atom is 0.0726 e. The molecule has 108 valence electrons. The Morgan fingerprint density at radius 1 is 1.25 bits per heavy atom. The summed E-state index contributed by atoms with van der Waals surface area (Å²) in [5.41, 5.74) is 3.20. The predicted octanol–water partition coefficient (Wildman–Crippen LogP) is 2.79. The normalized spacial score (nSPS) is 11.2. The van der Waals surface area contributed by atoms with Crippen molar-refractivity contribution in [3.63, 3.8) is 0 Å². The number of hydrogen-bond acceptors (Lipinski definition) is 4. The first-order valence-corrected chi connectivity index (χ1v) is 7.05. The highest BCUT2D eigenvalue weighted by molar-refractivity contribution is 5.91. The van der Waals surface area contributed by atoms with Gasteiger partial charge in [0, 0.05) is 37.3 Å². The fraction of sp³-hybridized carbons (Fsp3) is 0.438. The number of benzene rings is 1. The Morgan fingerprint density at radius 3 is 2.80 bits per heavy atom. The zero-order chi connectivity index (χ0) is 14.4. The third-order valence-electron chi connectivity index (χ3n) is 3.08. The zero-order valence-electron chi connectivity index (χ0n) is 12.4. The Bertz CT molecular complexity index is 554. The van der Waals surface area contributed by atoms with Gasteiger partial charge in [-0.05, 0) is 12.1 Å². The molecule has 0 unspecified atom stereocenters. The van der Waals surface area contributed by atoms with Gasteiger partial charge in [0.25, 0.3) is 0 Å². The largest absolute Gasteiger partial charge is 0.383 e. The van der Waals surface area contributed by atoms with E-state index in [0.29, 0.717) is 12.6 Å². The van der Waals surface area contributed by atoms with Gasteiger partial charge in [-0.1, -0.05) is 32.0 Å². The van der Waals surface area contributed by atoms with Crippen molar-refractivity contribution in [1.29, 1.82) is 0 Å². The SMILES string of the molecule is COCCNc1cc(CNC(C)C)nc2ccccc12. The summed E-state index contributed by atoms with van der Waals surface area (Å²) in [5.74, 6) is 0. The van der Waals surface area contributed by atoms with Crippen LogP contribution in [-0.4, -0.2) is 31.3 Å². The van der Waals surface area contributed by atoms with E-state index in [1.807, 2.05) is 12.1 Å². The molecule has 0 aliphatic rings. The van der Waals surface area contributed by atoms with Crippen molar-refractivity contribution in [2.45, 2.75) is 26.4 Å². The summed E-state index contributed by atoms with van der Waals surface area (Å²) < 4.78 is 5.09. The quantitative estimate of drug-likeness (QED) is 0.762. The molecule has 2 aromatic rings. The maximum atomic E-state index is 5.09. The Morgan fingerprint density at radius 2 is 2.05 bits per heavy atom. The van der Waals surface area contributed by atoms with Crippen LogP contribution >= 0.6 is 0 Å². The Labute approximate surface area is 120 Å². The molecule has 1 aromatic heterocycles. The van der Waals surface area contributed by atoms with Gasteiger partial charge in [-0.2, -0.15) is 0 Å². The summed E-state index contributed by atoms with van der Waals surface area (Å²) in [4.78, 5) is 4.70. The third kappa shape index (κ3) is 3.92. The van der Waals surface area contributed by atoms with Gasteiger partial charge in [0.2, 0.25) is 0 Å². The number of nitrogens with zero attached hydrogens (tertiary/aromatic N) is 1. The van der Waals surface area contributed by atoms with E-state index in [4.69, 9.17) is 9.72 Å². The third-order valence-corrected chi connectivity index (χ3v) is 3.08. The second kappa shape index (κ2) is 7.22. The highest BCUT2D eigenvalue weighted by Gasteiger charge is 2.05. The molecule has 1 heterocycles. The second-order valence-corrected chi connectivity index (χ2v) is 5.13. The minimum absolute atomic E-state index is 0.452. The summed E-state index contributed by atoms with van der Waals surface area (Å²) in [7, 11) is 1.71. The molecule has 2 N–H and O–H groups in total. The minimum atomic E-state index is 0.452. The molecule has 0 spiro atoms. The topological polar surface area (TPSA) is 46.2 Å². The average Bonchev–Trinajstić information content (AvgIpc) is 2.45. The first-order chi connectivity index (χ1) is 9.70. The summed E-state index contributed by atoms with van der Waals surface area (Å²) in [6, 6.07) is 10.8. The fourth-order valence-corrected chi connectivity index (χ4v) is 2.06. The zero-order valence-corrected chi connectivity index (χ0v) is 12.4. The fourth-order valence-electron chi connectivity index (χ4n) is 2.06. The average molecular weight is 273 g/mol. The molecular weight excluding hydrogens is 250 g/mol. The van der Waals surface area contributed by atoms with E-state index in [1.165, 1.54) is 0 Å². The summed E-state index contributed by atoms with van der Waals surface area (Å²) >= 11 is 0. The molecule has 0 aliphatic carbocycles. The summed E-state index contributed by atoms with van der Waals surface area (Å²) in [6.45, 7) is 6.54. The summed E-state index contributed by atoms with van der Waals surface area (Å²) in [6.07, 6.45) is 0. The molecule has 20 heavy (non-hydrogen) atoms. The number of hydrogen-bond donors (Lipinski definition) is 2. The number of fused-ring (bicyclic) bond motifs is 1. The van der Waals surface area contributed by atoms with Crippen molar-refractivity contribution in [2.24, 2.45) is 0 Å². The number of methoxy groups -OCH3 is 1. The van der Waals surface area contributed by atoms with Gasteiger partial charge in [-0.25, -0.2) is 0 Å². The first kappa shape index (κ1) is 14.8. The van der Waals surface area contributed by atoms with E-state index in [-0.39, 0.29) is 0 Å². The number of rotatable bonds is 7. The predicted molar refractivity (Wildman–Crippen MR) is 84.1 cm³/mol. The molecular formula is C16H23N3O. The smallest absolute Gasteiger partial charge is 0.0726 e. The monoisotopic (exact) mass is 273 g/mol. The van der Waals surface area contributed by atoms with E-state index in [1.54, 1.807) is 7.11 Å². The second-order valence-electron chi connectivity index (χ2n) is 5.13. The minimum Gasteiger partial charge on any atom is -0.383 e. The standard InChI is InChI=1S/C16H23N3O/c1-12(2)18-11-13-10-16(17-8-9-20-3)14-6-4-5-7-15(14)19-13/h4-7,10,12,18H,8-9,11H2,1-3H3,(H,17,19). The molecule has 4 nitrogen and oxygen atoms in total. The molecule has 0 atom stereocenters. The summed E-state index contributed by atoms with van der Waals surface area (Å²) in [5, 5.41) is 7.98. The van der Waals surface area contributed by atoms with E-state index < -0.39 is 0 Å². The van der Waals surface area contributed by atoms with Crippen molar-refractivity contribution in [3.8, 4) is 0 Å². The van der Waals surface area contributed by atoms with Crippen molar-refractivity contribution in [2.75, 3.05) is 25.6 Å². The van der Waals surface area contributed by atoms with Crippen LogP contribution in [-0.2, 0) is 11.3 Å². The van der Waals surface area contributed by atoms with Crippen molar-refractivity contribution >= 4 is 16.6 Å². The van der Waals surface area contributed by atoms with Gasteiger partial charge in [-0.15, -0.1) is 0 Å². The molecule has 0 radical (unpaired) electrons. The number of anilines is 1. The molecule has 4 heteroatoms. The van der Waals surface area contributed by atoms with Crippen LogP contribution in [0.5, 0.6) is 0 Å².